The number of hydrogen-bond acceptors (Lipinski definition) is 4. The van der Waals surface area contributed by atoms with Gasteiger partial charge in [0, 0.05) is 23.1 Å². The molecule has 0 bridgehead atoms. The van der Waals surface area contributed by atoms with E-state index < -0.39 is 0 Å². The van der Waals surface area contributed by atoms with Crippen LogP contribution >= 0.6 is 0 Å². The minimum atomic E-state index is 0.0526. The van der Waals surface area contributed by atoms with Gasteiger partial charge in [-0.15, -0.1) is 0 Å². The van der Waals surface area contributed by atoms with E-state index >= 15 is 0 Å². The van der Waals surface area contributed by atoms with Gasteiger partial charge in [-0.1, -0.05) is 31.2 Å². The van der Waals surface area contributed by atoms with Crippen LogP contribution in [-0.4, -0.2) is 15.9 Å². The third kappa shape index (κ3) is 2.90. The van der Waals surface area contributed by atoms with Gasteiger partial charge >= 0.3 is 0 Å². The van der Waals surface area contributed by atoms with Gasteiger partial charge in [0.15, 0.2) is 0 Å². The van der Waals surface area contributed by atoms with E-state index in [4.69, 9.17) is 5.73 Å². The molecule has 5 heteroatoms. The van der Waals surface area contributed by atoms with Gasteiger partial charge in [0.05, 0.1) is 5.69 Å². The molecule has 0 radical (unpaired) electrons. The van der Waals surface area contributed by atoms with Crippen LogP contribution in [0.4, 0.5) is 11.6 Å². The normalized spacial score (nSPS) is 19.2. The highest BCUT2D eigenvalue weighted by Crippen LogP contribution is 2.34. The maximum Gasteiger partial charge on any atom is 0.228 e. The first-order chi connectivity index (χ1) is 12.5. The van der Waals surface area contributed by atoms with Crippen LogP contribution in [-0.2, 0) is 4.79 Å². The molecule has 0 spiro atoms. The molecule has 3 aromatic rings. The first-order valence-electron chi connectivity index (χ1n) is 8.96. The SMILES string of the molecule is Cc1ccccc1-c1cc2cc(NC(=O)[C@H]3CC[C@@H]3C)ncc2c(N)n1. The lowest BCUT2D eigenvalue weighted by atomic mass is 9.74. The second-order valence-corrected chi connectivity index (χ2v) is 7.15. The smallest absolute Gasteiger partial charge is 0.228 e. The molecule has 1 aliphatic rings. The lowest BCUT2D eigenvalue weighted by Gasteiger charge is -2.32. The number of hydrogen-bond donors (Lipinski definition) is 2. The van der Waals surface area contributed by atoms with Crippen molar-refractivity contribution in [1.29, 1.82) is 0 Å². The standard InChI is InChI=1S/C21H22N4O/c1-12-5-3-4-6-15(12)18-9-14-10-19(23-11-17(14)20(22)24-18)25-21(26)16-8-7-13(16)2/h3-6,9-11,13,16H,7-8H2,1-2H3,(H2,22,24)(H,23,25,26)/t13-,16-/m0/s1. The summed E-state index contributed by atoms with van der Waals surface area (Å²) >= 11 is 0. The van der Waals surface area contributed by atoms with Crippen molar-refractivity contribution >= 4 is 28.3 Å². The molecule has 4 rings (SSSR count). The summed E-state index contributed by atoms with van der Waals surface area (Å²) in [5.41, 5.74) is 9.16. The number of carbonyl (C=O) groups is 1. The van der Waals surface area contributed by atoms with Crippen molar-refractivity contribution in [3.05, 3.63) is 48.2 Å². The Bertz CT molecular complexity index is 998. The van der Waals surface area contributed by atoms with Gasteiger partial charge < -0.3 is 11.1 Å². The quantitative estimate of drug-likeness (QED) is 0.746. The lowest BCUT2D eigenvalue weighted by molar-refractivity contribution is -0.124. The summed E-state index contributed by atoms with van der Waals surface area (Å²) in [7, 11) is 0. The fourth-order valence-corrected chi connectivity index (χ4v) is 3.52. The van der Waals surface area contributed by atoms with Crippen molar-refractivity contribution in [2.24, 2.45) is 11.8 Å². The van der Waals surface area contributed by atoms with Gasteiger partial charge in [0.25, 0.3) is 0 Å². The molecule has 2 aromatic heterocycles. The maximum atomic E-state index is 12.4. The minimum absolute atomic E-state index is 0.0526. The molecule has 26 heavy (non-hydrogen) atoms. The number of aromatic nitrogens is 2. The summed E-state index contributed by atoms with van der Waals surface area (Å²) < 4.78 is 0. The zero-order valence-corrected chi connectivity index (χ0v) is 15.0. The summed E-state index contributed by atoms with van der Waals surface area (Å²) in [5.74, 6) is 1.60. The van der Waals surface area contributed by atoms with Gasteiger partial charge in [-0.05, 0) is 48.8 Å². The van der Waals surface area contributed by atoms with Crippen LogP contribution in [0.5, 0.6) is 0 Å². The third-order valence-corrected chi connectivity index (χ3v) is 5.37. The predicted molar refractivity (Wildman–Crippen MR) is 105 cm³/mol. The van der Waals surface area contributed by atoms with Crippen molar-refractivity contribution in [1.82, 2.24) is 9.97 Å². The van der Waals surface area contributed by atoms with Crippen LogP contribution in [0.25, 0.3) is 22.0 Å². The zero-order valence-electron chi connectivity index (χ0n) is 15.0. The van der Waals surface area contributed by atoms with Gasteiger partial charge in [0.2, 0.25) is 5.91 Å². The first kappa shape index (κ1) is 16.5. The number of nitrogens with zero attached hydrogens (tertiary/aromatic N) is 2. The average molecular weight is 346 g/mol. The molecule has 3 N–H and O–H groups in total. The van der Waals surface area contributed by atoms with E-state index in [1.807, 2.05) is 30.3 Å². The van der Waals surface area contributed by atoms with E-state index in [2.05, 4.69) is 35.2 Å². The molecule has 2 heterocycles. The predicted octanol–water partition coefficient (Wildman–Crippen LogP) is 4.17. The molecular formula is C21H22N4O. The van der Waals surface area contributed by atoms with Crippen LogP contribution in [0, 0.1) is 18.8 Å². The Kier molecular flexibility index (Phi) is 4.07. The number of nitrogen functional groups attached to an aromatic ring is 1. The number of amides is 1. The Morgan fingerprint density at radius 2 is 2.04 bits per heavy atom. The molecule has 1 aromatic carbocycles. The number of aryl methyl sites for hydroxylation is 1. The van der Waals surface area contributed by atoms with Crippen molar-refractivity contribution < 1.29 is 4.79 Å². The van der Waals surface area contributed by atoms with Crippen molar-refractivity contribution in [2.75, 3.05) is 11.1 Å². The number of rotatable bonds is 3. The molecular weight excluding hydrogens is 324 g/mol. The monoisotopic (exact) mass is 346 g/mol. The summed E-state index contributed by atoms with van der Waals surface area (Å²) in [5, 5.41) is 4.65. The Labute approximate surface area is 152 Å². The van der Waals surface area contributed by atoms with Gasteiger partial charge in [-0.3, -0.25) is 4.79 Å². The van der Waals surface area contributed by atoms with Crippen LogP contribution in [0.3, 0.4) is 0 Å². The summed E-state index contributed by atoms with van der Waals surface area (Å²) in [4.78, 5) is 21.2. The Morgan fingerprint density at radius 1 is 1.23 bits per heavy atom. The van der Waals surface area contributed by atoms with Crippen molar-refractivity contribution in [3.8, 4) is 11.3 Å². The van der Waals surface area contributed by atoms with Crippen LogP contribution in [0.1, 0.15) is 25.3 Å². The molecule has 0 saturated heterocycles. The number of fused-ring (bicyclic) bond motifs is 1. The highest BCUT2D eigenvalue weighted by Gasteiger charge is 2.33. The van der Waals surface area contributed by atoms with E-state index in [-0.39, 0.29) is 11.8 Å². The lowest BCUT2D eigenvalue weighted by Crippen LogP contribution is -2.35. The molecule has 5 nitrogen and oxygen atoms in total. The molecule has 1 aliphatic carbocycles. The van der Waals surface area contributed by atoms with E-state index in [0.29, 0.717) is 17.6 Å². The fourth-order valence-electron chi connectivity index (χ4n) is 3.52. The third-order valence-electron chi connectivity index (χ3n) is 5.37. The Hall–Kier alpha value is -2.95. The zero-order chi connectivity index (χ0) is 18.3. The van der Waals surface area contributed by atoms with Gasteiger partial charge in [-0.2, -0.15) is 0 Å². The summed E-state index contributed by atoms with van der Waals surface area (Å²) in [6.45, 7) is 4.16. The van der Waals surface area contributed by atoms with Crippen LogP contribution in [0.2, 0.25) is 0 Å². The van der Waals surface area contributed by atoms with Crippen molar-refractivity contribution in [2.45, 2.75) is 26.7 Å². The number of benzene rings is 1. The Morgan fingerprint density at radius 3 is 2.73 bits per heavy atom. The number of nitrogens with two attached hydrogens (primary N) is 1. The molecule has 0 aliphatic heterocycles. The topological polar surface area (TPSA) is 80.9 Å². The van der Waals surface area contributed by atoms with E-state index in [1.54, 1.807) is 6.20 Å². The van der Waals surface area contributed by atoms with Gasteiger partial charge in [0.1, 0.15) is 11.6 Å². The number of carbonyl (C=O) groups excluding carboxylic acids is 1. The highest BCUT2D eigenvalue weighted by molar-refractivity contribution is 5.98. The van der Waals surface area contributed by atoms with E-state index in [0.717, 1.165) is 40.4 Å². The largest absolute Gasteiger partial charge is 0.383 e. The second-order valence-electron chi connectivity index (χ2n) is 7.15. The summed E-state index contributed by atoms with van der Waals surface area (Å²) in [6, 6.07) is 11.9. The van der Waals surface area contributed by atoms with Crippen LogP contribution in [0.15, 0.2) is 42.6 Å². The average Bonchev–Trinajstić information content (AvgIpc) is 2.60. The Balaban J connectivity index is 1.70. The molecule has 1 fully saturated rings. The molecule has 1 amide bonds. The number of anilines is 2. The number of pyridine rings is 2. The maximum absolute atomic E-state index is 12.4. The molecule has 132 valence electrons. The van der Waals surface area contributed by atoms with E-state index in [1.165, 1.54) is 0 Å². The number of nitrogens with one attached hydrogen (secondary N) is 1. The highest BCUT2D eigenvalue weighted by atomic mass is 16.2. The fraction of sp³-hybridized carbons (Fsp3) is 0.286. The summed E-state index contributed by atoms with van der Waals surface area (Å²) in [6.07, 6.45) is 3.75. The van der Waals surface area contributed by atoms with E-state index in [9.17, 15) is 4.79 Å². The van der Waals surface area contributed by atoms with Crippen LogP contribution < -0.4 is 11.1 Å². The molecule has 0 unspecified atom stereocenters. The molecule has 2 atom stereocenters. The molecule has 1 saturated carbocycles. The van der Waals surface area contributed by atoms with Gasteiger partial charge in [-0.25, -0.2) is 9.97 Å². The first-order valence-corrected chi connectivity index (χ1v) is 8.96. The minimum Gasteiger partial charge on any atom is -0.383 e. The second kappa shape index (κ2) is 6.41. The van der Waals surface area contributed by atoms with Crippen molar-refractivity contribution in [3.63, 3.8) is 0 Å².